The Morgan fingerprint density at radius 2 is 1.02 bits per heavy atom. The molecule has 2 N–H and O–H groups in total. The number of rotatable bonds is 12. The molecule has 0 saturated carbocycles. The number of aromatic nitrogens is 2. The molecule has 2 heterocycles. The Balaban J connectivity index is 0.000000194. The molecule has 6 aromatic rings. The van der Waals surface area contributed by atoms with E-state index in [4.69, 9.17) is 29.2 Å². The van der Waals surface area contributed by atoms with Crippen molar-refractivity contribution in [2.24, 2.45) is 0 Å². The van der Waals surface area contributed by atoms with Gasteiger partial charge < -0.3 is 29.2 Å². The Bertz CT molecular complexity index is 2150. The molecule has 0 aliphatic heterocycles. The van der Waals surface area contributed by atoms with Crippen molar-refractivity contribution < 1.29 is 51.9 Å². The molecule has 256 valence electrons. The normalized spacial score (nSPS) is 10.6. The Morgan fingerprint density at radius 1 is 0.560 bits per heavy atom. The van der Waals surface area contributed by atoms with Crippen LogP contribution in [-0.2, 0) is 0 Å². The van der Waals surface area contributed by atoms with Gasteiger partial charge in [-0.1, -0.05) is 22.0 Å². The van der Waals surface area contributed by atoms with Crippen molar-refractivity contribution >= 4 is 49.7 Å². The predicted molar refractivity (Wildman–Crippen MR) is 180 cm³/mol. The summed E-state index contributed by atoms with van der Waals surface area (Å²) < 4.78 is 63.0. The van der Waals surface area contributed by atoms with Crippen LogP contribution in [0.15, 0.2) is 102 Å². The molecule has 2 aromatic heterocycles. The second kappa shape index (κ2) is 16.5. The summed E-state index contributed by atoms with van der Waals surface area (Å²) in [6.45, 7) is 0.587. The van der Waals surface area contributed by atoms with E-state index in [1.807, 2.05) is 24.3 Å². The number of aromatic carboxylic acids is 2. The summed E-state index contributed by atoms with van der Waals surface area (Å²) in [7, 11) is 0. The molecule has 14 heteroatoms. The molecule has 0 radical (unpaired) electrons. The first kappa shape index (κ1) is 35.4. The van der Waals surface area contributed by atoms with Gasteiger partial charge in [-0.05, 0) is 72.8 Å². The second-order valence-electron chi connectivity index (χ2n) is 10.2. The van der Waals surface area contributed by atoms with Gasteiger partial charge in [-0.25, -0.2) is 32.7 Å². The SMILES string of the molecule is O=C(O)c1cc(OCCOc2ccc(Br)cc2)c2cc(F)ccc2n1.O=C(O)c1cc(OCCOc2cccc(F)c2)c2cc(F)ccc2n1. The van der Waals surface area contributed by atoms with Crippen LogP contribution in [0.3, 0.4) is 0 Å². The van der Waals surface area contributed by atoms with Gasteiger partial charge in [0.05, 0.1) is 11.0 Å². The van der Waals surface area contributed by atoms with Crippen LogP contribution in [0, 0.1) is 17.5 Å². The minimum atomic E-state index is -1.22. The highest BCUT2D eigenvalue weighted by molar-refractivity contribution is 9.10. The number of halogens is 4. The van der Waals surface area contributed by atoms with Crippen LogP contribution >= 0.6 is 15.9 Å². The van der Waals surface area contributed by atoms with E-state index in [1.165, 1.54) is 66.7 Å². The summed E-state index contributed by atoms with van der Waals surface area (Å²) in [5, 5.41) is 19.0. The largest absolute Gasteiger partial charge is 0.490 e. The molecule has 0 atom stereocenters. The topological polar surface area (TPSA) is 137 Å². The smallest absolute Gasteiger partial charge is 0.354 e. The average Bonchev–Trinajstić information content (AvgIpc) is 3.09. The highest BCUT2D eigenvalue weighted by Crippen LogP contribution is 2.28. The van der Waals surface area contributed by atoms with Gasteiger partial charge in [-0.15, -0.1) is 0 Å². The van der Waals surface area contributed by atoms with Crippen LogP contribution < -0.4 is 18.9 Å². The molecule has 4 aromatic carbocycles. The van der Waals surface area contributed by atoms with Gasteiger partial charge in [0, 0.05) is 33.4 Å². The maximum absolute atomic E-state index is 13.5. The molecule has 0 unspecified atom stereocenters. The lowest BCUT2D eigenvalue weighted by molar-refractivity contribution is 0.0680. The highest BCUT2D eigenvalue weighted by atomic mass is 79.9. The van der Waals surface area contributed by atoms with Gasteiger partial charge in [-0.3, -0.25) is 0 Å². The summed E-state index contributed by atoms with van der Waals surface area (Å²) in [6, 6.07) is 23.2. The zero-order valence-electron chi connectivity index (χ0n) is 25.8. The maximum Gasteiger partial charge on any atom is 0.354 e. The lowest BCUT2D eigenvalue weighted by Gasteiger charge is -2.11. The van der Waals surface area contributed by atoms with Crippen molar-refractivity contribution in [3.05, 3.63) is 130 Å². The highest BCUT2D eigenvalue weighted by Gasteiger charge is 2.14. The molecule has 50 heavy (non-hydrogen) atoms. The van der Waals surface area contributed by atoms with E-state index >= 15 is 0 Å². The molecule has 0 saturated heterocycles. The van der Waals surface area contributed by atoms with E-state index in [0.29, 0.717) is 33.3 Å². The van der Waals surface area contributed by atoms with Crippen molar-refractivity contribution in [2.75, 3.05) is 26.4 Å². The van der Waals surface area contributed by atoms with E-state index < -0.39 is 29.4 Å². The van der Waals surface area contributed by atoms with Crippen LogP contribution in [-0.4, -0.2) is 58.5 Å². The zero-order chi connectivity index (χ0) is 35.6. The van der Waals surface area contributed by atoms with Crippen LogP contribution in [0.5, 0.6) is 23.0 Å². The van der Waals surface area contributed by atoms with Crippen molar-refractivity contribution in [1.29, 1.82) is 0 Å². The summed E-state index contributed by atoms with van der Waals surface area (Å²) in [5.41, 5.74) is 0.288. The maximum atomic E-state index is 13.5. The van der Waals surface area contributed by atoms with Gasteiger partial charge >= 0.3 is 11.9 Å². The van der Waals surface area contributed by atoms with Crippen LogP contribution in [0.1, 0.15) is 21.0 Å². The van der Waals surface area contributed by atoms with Gasteiger partial charge in [-0.2, -0.15) is 0 Å². The molecule has 0 amide bonds. The van der Waals surface area contributed by atoms with E-state index in [9.17, 15) is 22.8 Å². The first-order valence-corrected chi connectivity index (χ1v) is 15.5. The molecule has 6 rings (SSSR count). The third-order valence-corrected chi connectivity index (χ3v) is 7.26. The second-order valence-corrected chi connectivity index (χ2v) is 11.2. The zero-order valence-corrected chi connectivity index (χ0v) is 27.4. The third kappa shape index (κ3) is 9.60. The fourth-order valence-electron chi connectivity index (χ4n) is 4.50. The van der Waals surface area contributed by atoms with Gasteiger partial charge in [0.25, 0.3) is 0 Å². The van der Waals surface area contributed by atoms with Crippen LogP contribution in [0.25, 0.3) is 21.8 Å². The number of ether oxygens (including phenoxy) is 4. The number of carboxylic acids is 2. The fraction of sp³-hybridized carbons (Fsp3) is 0.111. The van der Waals surface area contributed by atoms with Gasteiger partial charge in [0.15, 0.2) is 11.4 Å². The summed E-state index contributed by atoms with van der Waals surface area (Å²) in [5.74, 6) is -2.28. The molecular weight excluding hydrogens is 725 g/mol. The molecule has 0 bridgehead atoms. The molecule has 0 aliphatic rings. The van der Waals surface area contributed by atoms with E-state index in [1.54, 1.807) is 6.07 Å². The van der Waals surface area contributed by atoms with E-state index in [-0.39, 0.29) is 49.3 Å². The molecular formula is C36H26BrF3N2O8. The number of nitrogens with zero attached hydrogens (tertiary/aromatic N) is 2. The first-order valence-electron chi connectivity index (χ1n) is 14.8. The number of carboxylic acid groups (broad SMARTS) is 2. The number of carbonyl (C=O) groups is 2. The number of fused-ring (bicyclic) bond motifs is 2. The summed E-state index contributed by atoms with van der Waals surface area (Å²) >= 11 is 3.34. The number of hydrogen-bond donors (Lipinski definition) is 2. The van der Waals surface area contributed by atoms with Crippen molar-refractivity contribution in [1.82, 2.24) is 9.97 Å². The average molecular weight is 752 g/mol. The van der Waals surface area contributed by atoms with Gasteiger partial charge in [0.2, 0.25) is 0 Å². The first-order chi connectivity index (χ1) is 24.0. The lowest BCUT2D eigenvalue weighted by atomic mass is 10.1. The van der Waals surface area contributed by atoms with E-state index in [2.05, 4.69) is 25.9 Å². The van der Waals surface area contributed by atoms with E-state index in [0.717, 1.165) is 4.47 Å². The third-order valence-electron chi connectivity index (χ3n) is 6.73. The lowest BCUT2D eigenvalue weighted by Crippen LogP contribution is -2.10. The minimum Gasteiger partial charge on any atom is -0.490 e. The Hall–Kier alpha value is -5.89. The quantitative estimate of drug-likeness (QED) is 0.119. The minimum absolute atomic E-state index is 0.0607. The molecule has 0 fully saturated rings. The number of benzene rings is 4. The summed E-state index contributed by atoms with van der Waals surface area (Å²) in [4.78, 5) is 30.3. The summed E-state index contributed by atoms with van der Waals surface area (Å²) in [6.07, 6.45) is 0. The monoisotopic (exact) mass is 750 g/mol. The Morgan fingerprint density at radius 3 is 1.50 bits per heavy atom. The predicted octanol–water partition coefficient (Wildman–Crippen LogP) is 7.96. The molecule has 0 aliphatic carbocycles. The number of hydrogen-bond acceptors (Lipinski definition) is 8. The van der Waals surface area contributed by atoms with Crippen LogP contribution in [0.4, 0.5) is 13.2 Å². The van der Waals surface area contributed by atoms with Crippen LogP contribution in [0.2, 0.25) is 0 Å². The fourth-order valence-corrected chi connectivity index (χ4v) is 4.77. The van der Waals surface area contributed by atoms with Crippen molar-refractivity contribution in [2.45, 2.75) is 0 Å². The van der Waals surface area contributed by atoms with Crippen molar-refractivity contribution in [3.8, 4) is 23.0 Å². The molecule has 10 nitrogen and oxygen atoms in total. The number of pyridine rings is 2. The van der Waals surface area contributed by atoms with Gasteiger partial charge in [0.1, 0.15) is 66.9 Å². The van der Waals surface area contributed by atoms with Crippen molar-refractivity contribution in [3.63, 3.8) is 0 Å². The Kier molecular flexibility index (Phi) is 11.7. The molecule has 0 spiro atoms. The standard InChI is InChI=1S/C18H13BrFNO4.C18H13F2NO4/c19-11-1-4-13(5-2-11)24-7-8-25-17-10-16(18(22)23)21-15-6-3-12(20)9-14(15)17;19-11-2-1-3-13(8-11)24-6-7-25-17-10-16(18(22)23)21-15-5-4-12(20)9-14(15)17/h1-6,9-10H,7-8H2,(H,22,23);1-5,8-10H,6-7H2,(H,22,23). The Labute approximate surface area is 290 Å².